The number of benzene rings is 2. The molecule has 2 heterocycles. The highest BCUT2D eigenvalue weighted by molar-refractivity contribution is 5.79. The summed E-state index contributed by atoms with van der Waals surface area (Å²) >= 11 is 0. The second kappa shape index (κ2) is 10.3. The molecule has 1 amide bonds. The van der Waals surface area contributed by atoms with E-state index in [0.29, 0.717) is 30.2 Å². The number of hydrogen-bond donors (Lipinski definition) is 2. The molecule has 0 saturated carbocycles. The van der Waals surface area contributed by atoms with E-state index in [-0.39, 0.29) is 29.4 Å². The Hall–Kier alpha value is -3.99. The second-order valence-electron chi connectivity index (χ2n) is 8.58. The van der Waals surface area contributed by atoms with E-state index in [2.05, 4.69) is 27.1 Å². The number of halogens is 1. The molecule has 1 fully saturated rings. The van der Waals surface area contributed by atoms with Gasteiger partial charge in [0.2, 0.25) is 11.9 Å². The second-order valence-corrected chi connectivity index (χ2v) is 8.58. The Morgan fingerprint density at radius 2 is 2.00 bits per heavy atom. The van der Waals surface area contributed by atoms with Gasteiger partial charge in [-0.05, 0) is 43.9 Å². The van der Waals surface area contributed by atoms with Crippen molar-refractivity contribution < 1.29 is 9.18 Å². The maximum Gasteiger partial charge on any atom is 0.224 e. The van der Waals surface area contributed by atoms with Crippen LogP contribution in [0.3, 0.4) is 0 Å². The van der Waals surface area contributed by atoms with Crippen molar-refractivity contribution in [3.8, 4) is 17.3 Å². The molecule has 2 atom stereocenters. The van der Waals surface area contributed by atoms with Crippen LogP contribution in [0.15, 0.2) is 54.6 Å². The van der Waals surface area contributed by atoms with Gasteiger partial charge >= 0.3 is 0 Å². The lowest BCUT2D eigenvalue weighted by Crippen LogP contribution is -2.47. The first-order valence-corrected chi connectivity index (χ1v) is 11.4. The molecule has 4 rings (SSSR count). The van der Waals surface area contributed by atoms with Gasteiger partial charge in [0.05, 0.1) is 17.2 Å². The first-order valence-electron chi connectivity index (χ1n) is 11.4. The number of carbonyl (C=O) groups is 1. The number of nitrogens with one attached hydrogen (secondary N) is 1. The van der Waals surface area contributed by atoms with Crippen LogP contribution in [0.2, 0.25) is 0 Å². The normalized spacial score (nSPS) is 17.7. The van der Waals surface area contributed by atoms with Gasteiger partial charge in [-0.2, -0.15) is 10.2 Å². The van der Waals surface area contributed by atoms with Gasteiger partial charge in [-0.1, -0.05) is 36.4 Å². The van der Waals surface area contributed by atoms with E-state index in [1.165, 1.54) is 17.7 Å². The Morgan fingerprint density at radius 1 is 1.21 bits per heavy atom. The monoisotopic (exact) mass is 458 g/mol. The fourth-order valence-corrected chi connectivity index (χ4v) is 4.27. The number of carbonyl (C=O) groups excluding carboxylic acids is 1. The summed E-state index contributed by atoms with van der Waals surface area (Å²) in [5.74, 6) is -0.0824. The molecule has 2 aromatic carbocycles. The number of hydrogen-bond acceptors (Lipinski definition) is 6. The zero-order valence-corrected chi connectivity index (χ0v) is 19.0. The number of piperidine rings is 1. The first kappa shape index (κ1) is 23.2. The van der Waals surface area contributed by atoms with Crippen molar-refractivity contribution in [3.05, 3.63) is 71.5 Å². The molecule has 3 aromatic rings. The number of anilines is 2. The number of nitrogens with zero attached hydrogens (tertiary/aromatic N) is 4. The minimum atomic E-state index is -0.614. The van der Waals surface area contributed by atoms with Gasteiger partial charge in [0.15, 0.2) is 0 Å². The molecule has 34 heavy (non-hydrogen) atoms. The quantitative estimate of drug-likeness (QED) is 0.583. The van der Waals surface area contributed by atoms with E-state index in [4.69, 9.17) is 11.0 Å². The van der Waals surface area contributed by atoms with Gasteiger partial charge in [0.1, 0.15) is 17.7 Å². The molecule has 1 saturated heterocycles. The third-order valence-corrected chi connectivity index (χ3v) is 6.22. The fraction of sp³-hybridized carbons (Fsp3) is 0.308. The average Bonchev–Trinajstić information content (AvgIpc) is 2.84. The van der Waals surface area contributed by atoms with Gasteiger partial charge in [-0.3, -0.25) is 4.79 Å². The van der Waals surface area contributed by atoms with Crippen molar-refractivity contribution in [1.29, 1.82) is 5.26 Å². The molecule has 1 aliphatic heterocycles. The number of nitrogens with two attached hydrogens (primary N) is 1. The van der Waals surface area contributed by atoms with Crippen LogP contribution in [-0.4, -0.2) is 35.0 Å². The summed E-state index contributed by atoms with van der Waals surface area (Å²) in [5.41, 5.74) is 8.11. The Balaban J connectivity index is 1.48. The number of aromatic nitrogens is 2. The van der Waals surface area contributed by atoms with Gasteiger partial charge in [-0.25, -0.2) is 9.37 Å². The van der Waals surface area contributed by atoms with Crippen molar-refractivity contribution in [3.63, 3.8) is 0 Å². The highest BCUT2D eigenvalue weighted by Gasteiger charge is 2.31. The Labute approximate surface area is 198 Å². The van der Waals surface area contributed by atoms with Crippen LogP contribution in [0.25, 0.3) is 11.3 Å². The van der Waals surface area contributed by atoms with Crippen molar-refractivity contribution in [2.24, 2.45) is 5.92 Å². The van der Waals surface area contributed by atoms with E-state index < -0.39 is 5.82 Å². The van der Waals surface area contributed by atoms with Crippen LogP contribution in [0.5, 0.6) is 0 Å². The molecule has 0 aliphatic carbocycles. The van der Waals surface area contributed by atoms with Crippen LogP contribution in [0.4, 0.5) is 16.2 Å². The summed E-state index contributed by atoms with van der Waals surface area (Å²) in [6.07, 6.45) is 2.41. The smallest absolute Gasteiger partial charge is 0.224 e. The molecular weight excluding hydrogens is 431 g/mol. The third kappa shape index (κ3) is 5.31. The molecule has 174 valence electrons. The van der Waals surface area contributed by atoms with Crippen molar-refractivity contribution in [2.45, 2.75) is 32.2 Å². The maximum absolute atomic E-state index is 14.2. The molecule has 1 aromatic heterocycles. The highest BCUT2D eigenvalue weighted by Crippen LogP contribution is 2.30. The number of nitrogen functional groups attached to an aromatic ring is 1. The minimum absolute atomic E-state index is 0.0308. The molecule has 0 radical (unpaired) electrons. The maximum atomic E-state index is 14.2. The first-order chi connectivity index (χ1) is 16.4. The summed E-state index contributed by atoms with van der Waals surface area (Å²) in [4.78, 5) is 23.6. The molecular formula is C26H27FN6O. The van der Waals surface area contributed by atoms with Gasteiger partial charge in [0, 0.05) is 30.8 Å². The van der Waals surface area contributed by atoms with Crippen LogP contribution < -0.4 is 16.0 Å². The molecule has 8 heteroatoms. The lowest BCUT2D eigenvalue weighted by molar-refractivity contribution is -0.125. The zero-order valence-electron chi connectivity index (χ0n) is 19.0. The standard InChI is InChI=1S/C26H27FN6O/c1-17-7-8-21(25(34)30-12-11-18-5-3-2-4-6-18)16-33(17)24-14-23(31-26(29)32-24)19-9-10-20(15-28)22(27)13-19/h2-6,9-10,13-14,17,21H,7-8,11-12,16H2,1H3,(H,30,34)(H2,29,31,32)/t17-,21+/m1/s1. The van der Waals surface area contributed by atoms with Crippen molar-refractivity contribution in [1.82, 2.24) is 15.3 Å². The highest BCUT2D eigenvalue weighted by atomic mass is 19.1. The number of rotatable bonds is 6. The van der Waals surface area contributed by atoms with E-state index >= 15 is 0 Å². The lowest BCUT2D eigenvalue weighted by atomic mass is 9.92. The zero-order chi connectivity index (χ0) is 24.1. The van der Waals surface area contributed by atoms with E-state index in [9.17, 15) is 9.18 Å². The van der Waals surface area contributed by atoms with Gasteiger partial charge in [-0.15, -0.1) is 0 Å². The predicted molar refractivity (Wildman–Crippen MR) is 129 cm³/mol. The van der Waals surface area contributed by atoms with E-state index in [1.54, 1.807) is 12.1 Å². The van der Waals surface area contributed by atoms with Gasteiger partial charge in [0.25, 0.3) is 0 Å². The SMILES string of the molecule is C[C@@H]1CC[C@H](C(=O)NCCc2ccccc2)CN1c1cc(-c2ccc(C#N)c(F)c2)nc(N)n1. The summed E-state index contributed by atoms with van der Waals surface area (Å²) in [5, 5.41) is 12.0. The molecule has 0 bridgehead atoms. The van der Waals surface area contributed by atoms with Gasteiger partial charge < -0.3 is 16.0 Å². The van der Waals surface area contributed by atoms with Crippen LogP contribution >= 0.6 is 0 Å². The number of amides is 1. The molecule has 3 N–H and O–H groups in total. The minimum Gasteiger partial charge on any atom is -0.368 e. The molecule has 0 spiro atoms. The Morgan fingerprint density at radius 3 is 2.74 bits per heavy atom. The van der Waals surface area contributed by atoms with Crippen molar-refractivity contribution >= 4 is 17.7 Å². The lowest BCUT2D eigenvalue weighted by Gasteiger charge is -2.38. The van der Waals surface area contributed by atoms with Crippen LogP contribution in [0, 0.1) is 23.1 Å². The summed E-state index contributed by atoms with van der Waals surface area (Å²) in [6.45, 7) is 3.18. The topological polar surface area (TPSA) is 108 Å². The Kier molecular flexibility index (Phi) is 7.02. The fourth-order valence-electron chi connectivity index (χ4n) is 4.27. The van der Waals surface area contributed by atoms with Crippen LogP contribution in [-0.2, 0) is 11.2 Å². The van der Waals surface area contributed by atoms with E-state index in [1.807, 2.05) is 36.4 Å². The Bertz CT molecular complexity index is 1210. The summed E-state index contributed by atoms with van der Waals surface area (Å²) < 4.78 is 14.2. The largest absolute Gasteiger partial charge is 0.368 e. The van der Waals surface area contributed by atoms with Crippen molar-refractivity contribution in [2.75, 3.05) is 23.7 Å². The molecule has 7 nitrogen and oxygen atoms in total. The van der Waals surface area contributed by atoms with Crippen LogP contribution in [0.1, 0.15) is 30.9 Å². The molecule has 0 unspecified atom stereocenters. The predicted octanol–water partition coefficient (Wildman–Crippen LogP) is 3.70. The average molecular weight is 459 g/mol. The third-order valence-electron chi connectivity index (χ3n) is 6.22. The number of nitriles is 1. The van der Waals surface area contributed by atoms with E-state index in [0.717, 1.165) is 19.3 Å². The molecule has 1 aliphatic rings. The summed E-state index contributed by atoms with van der Waals surface area (Å²) in [6, 6.07) is 18.1. The summed E-state index contributed by atoms with van der Waals surface area (Å²) in [7, 11) is 0.